The van der Waals surface area contributed by atoms with E-state index in [0.717, 1.165) is 17.2 Å². The fourth-order valence-electron chi connectivity index (χ4n) is 5.07. The lowest BCUT2D eigenvalue weighted by Gasteiger charge is -2.41. The highest BCUT2D eigenvalue weighted by molar-refractivity contribution is 7.90. The molecule has 1 aromatic heterocycles. The number of rotatable bonds is 7. The number of imidazole rings is 1. The first kappa shape index (κ1) is 32.0. The largest absolute Gasteiger partial charge is 0.495 e. The first-order valence-electron chi connectivity index (χ1n) is 13.0. The molecule has 2 N–H and O–H groups in total. The van der Waals surface area contributed by atoms with Crippen LogP contribution in [0.5, 0.6) is 5.75 Å². The lowest BCUT2D eigenvalue weighted by atomic mass is 9.90. The molecule has 0 saturated carbocycles. The van der Waals surface area contributed by atoms with E-state index >= 15 is 0 Å². The average molecular weight is 628 g/mol. The molecule has 2 atom stereocenters. The van der Waals surface area contributed by atoms with Crippen LogP contribution in [-0.4, -0.2) is 87.0 Å². The fourth-order valence-corrected chi connectivity index (χ4v) is 5.72. The smallest absolute Gasteiger partial charge is 0.406 e. The Balaban J connectivity index is 1.67. The highest BCUT2D eigenvalue weighted by atomic mass is 32.2. The number of carbonyl (C=O) groups is 1. The summed E-state index contributed by atoms with van der Waals surface area (Å²) < 4.78 is 99.4. The Kier molecular flexibility index (Phi) is 8.94. The molecule has 2 aromatic carbocycles. The molecule has 2 heterocycles. The molecule has 9 nitrogen and oxygen atoms in total. The number of hydrogen-bond acceptors (Lipinski definition) is 7. The number of carbonyl (C=O) groups excluding carboxylic acids is 1. The van der Waals surface area contributed by atoms with Crippen molar-refractivity contribution in [3.63, 3.8) is 0 Å². The number of nitrogens with one attached hydrogen (secondary N) is 2. The zero-order chi connectivity index (χ0) is 31.7. The zero-order valence-electron chi connectivity index (χ0n) is 23.7. The van der Waals surface area contributed by atoms with E-state index in [-0.39, 0.29) is 33.6 Å². The molecule has 1 amide bonds. The quantitative estimate of drug-likeness (QED) is 0.304. The number of ether oxygens (including phenoxy) is 1. The molecule has 0 unspecified atom stereocenters. The average Bonchev–Trinajstić information content (AvgIpc) is 3.28. The van der Waals surface area contributed by atoms with Crippen molar-refractivity contribution < 1.29 is 39.9 Å². The standard InChI is InChI=1S/C28H30F5N5O4S/c1-17-13-37(2)14-27(29,30)25(17)36-26(39)20-10-18(11-22-24(20)35-16-38(22)15-28(31,32)33)6-5-9-34-21-12-19(43(4,40)41)7-8-23(21)42-3/h7-8,10-12,16-17,25,34H,9,13-15H2,1-4H3,(H,36,39)/t17-,25+/m0/s1. The van der Waals surface area contributed by atoms with Gasteiger partial charge in [0.15, 0.2) is 9.84 Å². The van der Waals surface area contributed by atoms with Gasteiger partial charge < -0.3 is 24.8 Å². The van der Waals surface area contributed by atoms with Crippen LogP contribution >= 0.6 is 0 Å². The minimum Gasteiger partial charge on any atom is -0.495 e. The van der Waals surface area contributed by atoms with Crippen LogP contribution in [0.2, 0.25) is 0 Å². The highest BCUT2D eigenvalue weighted by Gasteiger charge is 2.48. The van der Waals surface area contributed by atoms with Gasteiger partial charge in [-0.2, -0.15) is 13.2 Å². The van der Waals surface area contributed by atoms with Gasteiger partial charge in [-0.25, -0.2) is 22.2 Å². The van der Waals surface area contributed by atoms with Gasteiger partial charge in [0.1, 0.15) is 17.8 Å². The molecule has 0 radical (unpaired) electrons. The summed E-state index contributed by atoms with van der Waals surface area (Å²) in [5.41, 5.74) is 0.153. The van der Waals surface area contributed by atoms with E-state index in [4.69, 9.17) is 4.74 Å². The minimum absolute atomic E-state index is 0.0374. The molecule has 1 fully saturated rings. The van der Waals surface area contributed by atoms with Crippen LogP contribution in [0.1, 0.15) is 22.8 Å². The predicted octanol–water partition coefficient (Wildman–Crippen LogP) is 3.79. The molecule has 1 aliphatic rings. The molecule has 15 heteroatoms. The lowest BCUT2D eigenvalue weighted by Crippen LogP contribution is -2.61. The molecule has 0 aliphatic carbocycles. The summed E-state index contributed by atoms with van der Waals surface area (Å²) in [5, 5.41) is 5.32. The maximum Gasteiger partial charge on any atom is 0.406 e. The topological polar surface area (TPSA) is 106 Å². The Bertz CT molecular complexity index is 1690. The molecular weight excluding hydrogens is 597 g/mol. The summed E-state index contributed by atoms with van der Waals surface area (Å²) in [6, 6.07) is 5.36. The van der Waals surface area contributed by atoms with Crippen molar-refractivity contribution in [2.45, 2.75) is 36.5 Å². The molecule has 232 valence electrons. The summed E-state index contributed by atoms with van der Waals surface area (Å²) in [6.45, 7) is -0.0909. The number of sulfone groups is 1. The van der Waals surface area contributed by atoms with Crippen LogP contribution in [0.25, 0.3) is 11.0 Å². The van der Waals surface area contributed by atoms with Gasteiger partial charge in [-0.05, 0) is 43.3 Å². The number of nitrogens with zero attached hydrogens (tertiary/aromatic N) is 3. The first-order valence-corrected chi connectivity index (χ1v) is 14.9. The Hall–Kier alpha value is -3.90. The number of benzene rings is 2. The monoisotopic (exact) mass is 627 g/mol. The molecule has 3 aromatic rings. The van der Waals surface area contributed by atoms with Crippen molar-refractivity contribution in [3.8, 4) is 17.6 Å². The van der Waals surface area contributed by atoms with E-state index in [1.807, 2.05) is 0 Å². The zero-order valence-corrected chi connectivity index (χ0v) is 24.5. The van der Waals surface area contributed by atoms with E-state index in [0.29, 0.717) is 18.0 Å². The second kappa shape index (κ2) is 12.0. The maximum absolute atomic E-state index is 14.8. The van der Waals surface area contributed by atoms with E-state index in [9.17, 15) is 35.2 Å². The van der Waals surface area contributed by atoms with Crippen molar-refractivity contribution >= 4 is 32.5 Å². The Morgan fingerprint density at radius 3 is 2.58 bits per heavy atom. The van der Waals surface area contributed by atoms with Gasteiger partial charge in [0.25, 0.3) is 11.8 Å². The summed E-state index contributed by atoms with van der Waals surface area (Å²) in [5.74, 6) is 1.15. The number of methoxy groups -OCH3 is 1. The number of hydrogen-bond donors (Lipinski definition) is 2. The van der Waals surface area contributed by atoms with Crippen LogP contribution in [-0.2, 0) is 16.4 Å². The van der Waals surface area contributed by atoms with Crippen molar-refractivity contribution in [1.82, 2.24) is 19.8 Å². The van der Waals surface area contributed by atoms with Crippen molar-refractivity contribution in [2.24, 2.45) is 5.92 Å². The number of fused-ring (bicyclic) bond motifs is 1. The van der Waals surface area contributed by atoms with Gasteiger partial charge in [0.2, 0.25) is 0 Å². The highest BCUT2D eigenvalue weighted by Crippen LogP contribution is 2.32. The Morgan fingerprint density at radius 1 is 1.23 bits per heavy atom. The normalized spacial score (nSPS) is 19.0. The number of alkyl halides is 5. The third kappa shape index (κ3) is 7.55. The van der Waals surface area contributed by atoms with E-state index in [1.165, 1.54) is 42.3 Å². The second-order valence-corrected chi connectivity index (χ2v) is 12.6. The SMILES string of the molecule is COc1ccc(S(C)(=O)=O)cc1NCC#Cc1cc(C(=O)N[C@@H]2[C@@H](C)CN(C)CC2(F)F)c2ncn(CC(F)(F)F)c2c1. The second-order valence-electron chi connectivity index (χ2n) is 10.6. The summed E-state index contributed by atoms with van der Waals surface area (Å²) in [4.78, 5) is 18.8. The van der Waals surface area contributed by atoms with Crippen LogP contribution in [0.3, 0.4) is 0 Å². The molecule has 4 rings (SSSR count). The molecule has 0 spiro atoms. The Morgan fingerprint density at radius 2 is 1.95 bits per heavy atom. The summed E-state index contributed by atoms with van der Waals surface area (Å²) in [7, 11) is -0.547. The number of aromatic nitrogens is 2. The minimum atomic E-state index is -4.59. The number of likely N-dealkylation sites (tertiary alicyclic amines) is 1. The van der Waals surface area contributed by atoms with E-state index in [2.05, 4.69) is 27.5 Å². The van der Waals surface area contributed by atoms with Crippen LogP contribution in [0, 0.1) is 17.8 Å². The molecule has 0 bridgehead atoms. The molecule has 43 heavy (non-hydrogen) atoms. The lowest BCUT2D eigenvalue weighted by molar-refractivity contribution is -0.140. The van der Waals surface area contributed by atoms with Gasteiger partial charge in [-0.15, -0.1) is 0 Å². The first-order chi connectivity index (χ1) is 20.0. The van der Waals surface area contributed by atoms with E-state index < -0.39 is 52.9 Å². The van der Waals surface area contributed by atoms with Gasteiger partial charge in [-0.3, -0.25) is 4.79 Å². The van der Waals surface area contributed by atoms with Crippen LogP contribution in [0.15, 0.2) is 41.6 Å². The molecule has 1 aliphatic heterocycles. The summed E-state index contributed by atoms with van der Waals surface area (Å²) in [6.07, 6.45) is -2.60. The van der Waals surface area contributed by atoms with Gasteiger partial charge in [-0.1, -0.05) is 18.8 Å². The van der Waals surface area contributed by atoms with Gasteiger partial charge in [0.05, 0.1) is 54.2 Å². The van der Waals surface area contributed by atoms with Gasteiger partial charge in [0, 0.05) is 18.4 Å². The van der Waals surface area contributed by atoms with Crippen LogP contribution in [0.4, 0.5) is 27.6 Å². The maximum atomic E-state index is 14.8. The van der Waals surface area contributed by atoms with Crippen molar-refractivity contribution in [1.29, 1.82) is 0 Å². The summed E-state index contributed by atoms with van der Waals surface area (Å²) >= 11 is 0. The molecule has 1 saturated heterocycles. The van der Waals surface area contributed by atoms with Crippen molar-refractivity contribution in [2.75, 3.05) is 45.4 Å². The van der Waals surface area contributed by atoms with E-state index in [1.54, 1.807) is 14.0 Å². The molecular formula is C28H30F5N5O4S. The third-order valence-corrected chi connectivity index (χ3v) is 8.02. The predicted molar refractivity (Wildman–Crippen MR) is 150 cm³/mol. The number of anilines is 1. The van der Waals surface area contributed by atoms with Crippen molar-refractivity contribution in [3.05, 3.63) is 47.8 Å². The van der Waals surface area contributed by atoms with Crippen LogP contribution < -0.4 is 15.4 Å². The number of halogens is 5. The third-order valence-electron chi connectivity index (χ3n) is 6.91. The fraction of sp³-hybridized carbons (Fsp3) is 0.429. The number of piperidine rings is 1. The Labute approximate surface area is 245 Å². The van der Waals surface area contributed by atoms with Gasteiger partial charge >= 0.3 is 6.18 Å². The number of amides is 1.